The van der Waals surface area contributed by atoms with Crippen molar-refractivity contribution in [2.45, 2.75) is 96.3 Å². The van der Waals surface area contributed by atoms with Gasteiger partial charge in [-0.05, 0) is 73.3 Å². The molecule has 6 rings (SSSR count). The van der Waals surface area contributed by atoms with Crippen LogP contribution in [0.1, 0.15) is 83.1 Å². The lowest BCUT2D eigenvalue weighted by Gasteiger charge is -2.52. The Labute approximate surface area is 255 Å². The van der Waals surface area contributed by atoms with Crippen LogP contribution in [0.5, 0.6) is 0 Å². The Morgan fingerprint density at radius 2 is 1.72 bits per heavy atom. The molecule has 4 aliphatic rings. The van der Waals surface area contributed by atoms with Crippen molar-refractivity contribution in [2.75, 3.05) is 13.7 Å². The van der Waals surface area contributed by atoms with E-state index in [4.69, 9.17) is 9.47 Å². The third-order valence-corrected chi connectivity index (χ3v) is 10.7. The molecule has 2 aromatic rings. The van der Waals surface area contributed by atoms with E-state index in [-0.39, 0.29) is 30.8 Å². The van der Waals surface area contributed by atoms with Gasteiger partial charge in [0.1, 0.15) is 5.41 Å². The average Bonchev–Trinajstić information content (AvgIpc) is 3.58. The number of esters is 1. The molecule has 2 aliphatic heterocycles. The van der Waals surface area contributed by atoms with Crippen molar-refractivity contribution < 1.29 is 23.9 Å². The molecular formula is C36H46N2O5. The first-order valence-electron chi connectivity index (χ1n) is 16.4. The van der Waals surface area contributed by atoms with Gasteiger partial charge in [-0.1, -0.05) is 74.6 Å². The molecule has 230 valence electrons. The molecule has 0 bridgehead atoms. The van der Waals surface area contributed by atoms with Crippen LogP contribution in [0.4, 0.5) is 0 Å². The molecule has 43 heavy (non-hydrogen) atoms. The zero-order chi connectivity index (χ0) is 30.0. The van der Waals surface area contributed by atoms with E-state index in [2.05, 4.69) is 29.6 Å². The van der Waals surface area contributed by atoms with E-state index in [1.54, 1.807) is 4.90 Å². The minimum atomic E-state index is -1.17. The Morgan fingerprint density at radius 3 is 2.49 bits per heavy atom. The van der Waals surface area contributed by atoms with Gasteiger partial charge in [0.2, 0.25) is 11.8 Å². The van der Waals surface area contributed by atoms with Gasteiger partial charge in [0.05, 0.1) is 25.9 Å². The van der Waals surface area contributed by atoms with Gasteiger partial charge < -0.3 is 19.7 Å². The van der Waals surface area contributed by atoms with Crippen molar-refractivity contribution in [2.24, 2.45) is 23.2 Å². The molecule has 2 saturated carbocycles. The highest BCUT2D eigenvalue weighted by Gasteiger charge is 2.60. The number of carbonyl (C=O) groups is 3. The Morgan fingerprint density at radius 1 is 1.00 bits per heavy atom. The lowest BCUT2D eigenvalue weighted by atomic mass is 9.66. The molecule has 7 nitrogen and oxygen atoms in total. The van der Waals surface area contributed by atoms with E-state index in [1.807, 2.05) is 31.2 Å². The van der Waals surface area contributed by atoms with E-state index in [0.29, 0.717) is 30.6 Å². The maximum Gasteiger partial charge on any atom is 0.320 e. The number of nitrogens with one attached hydrogen (secondary N) is 1. The lowest BCUT2D eigenvalue weighted by molar-refractivity contribution is -0.178. The quantitative estimate of drug-likeness (QED) is 0.367. The second-order valence-corrected chi connectivity index (χ2v) is 13.3. The van der Waals surface area contributed by atoms with E-state index in [9.17, 15) is 14.4 Å². The number of amides is 2. The maximum absolute atomic E-state index is 14.5. The third-order valence-electron chi connectivity index (χ3n) is 10.7. The normalized spacial score (nSPS) is 28.4. The summed E-state index contributed by atoms with van der Waals surface area (Å²) in [4.78, 5) is 43.4. The van der Waals surface area contributed by atoms with Crippen molar-refractivity contribution in [3.63, 3.8) is 0 Å². The number of methoxy groups -OCH3 is 1. The topological polar surface area (TPSA) is 84.9 Å². The number of ether oxygens (including phenoxy) is 2. The first-order chi connectivity index (χ1) is 20.9. The number of likely N-dealkylation sites (tertiary alicyclic amines) is 1. The van der Waals surface area contributed by atoms with Gasteiger partial charge in [-0.2, -0.15) is 0 Å². The van der Waals surface area contributed by atoms with Crippen molar-refractivity contribution in [3.05, 3.63) is 59.8 Å². The monoisotopic (exact) mass is 586 g/mol. The Balaban J connectivity index is 1.36. The molecule has 2 amide bonds. The van der Waals surface area contributed by atoms with Crippen LogP contribution in [0.2, 0.25) is 0 Å². The van der Waals surface area contributed by atoms with Gasteiger partial charge in [-0.25, -0.2) is 0 Å². The van der Waals surface area contributed by atoms with E-state index in [0.717, 1.165) is 42.0 Å². The number of benzene rings is 2. The molecule has 0 aromatic heterocycles. The van der Waals surface area contributed by atoms with E-state index < -0.39 is 23.4 Å². The van der Waals surface area contributed by atoms with Crippen LogP contribution in [0, 0.1) is 23.2 Å². The zero-order valence-corrected chi connectivity index (χ0v) is 25.7. The zero-order valence-electron chi connectivity index (χ0n) is 25.7. The van der Waals surface area contributed by atoms with Crippen molar-refractivity contribution >= 4 is 28.6 Å². The Bertz CT molecular complexity index is 1370. The lowest BCUT2D eigenvalue weighted by Crippen LogP contribution is -2.60. The summed E-state index contributed by atoms with van der Waals surface area (Å²) < 4.78 is 12.1. The molecule has 2 aliphatic carbocycles. The molecule has 0 radical (unpaired) electrons. The molecule has 4 atom stereocenters. The van der Waals surface area contributed by atoms with Crippen LogP contribution in [-0.4, -0.2) is 48.5 Å². The molecule has 0 unspecified atom stereocenters. The van der Waals surface area contributed by atoms with Gasteiger partial charge in [0.15, 0.2) is 0 Å². The van der Waals surface area contributed by atoms with Crippen molar-refractivity contribution in [1.82, 2.24) is 10.2 Å². The third kappa shape index (κ3) is 5.85. The summed E-state index contributed by atoms with van der Waals surface area (Å²) in [6.45, 7) is 2.91. The van der Waals surface area contributed by atoms with Crippen LogP contribution < -0.4 is 5.32 Å². The number of piperidine rings is 1. The highest BCUT2D eigenvalue weighted by molar-refractivity contribution is 5.93. The molecule has 1 N–H and O–H groups in total. The first-order valence-corrected chi connectivity index (χ1v) is 16.4. The highest BCUT2D eigenvalue weighted by atomic mass is 16.5. The van der Waals surface area contributed by atoms with Crippen LogP contribution in [0.25, 0.3) is 10.8 Å². The largest absolute Gasteiger partial charge is 0.468 e. The number of hydrogen-bond donors (Lipinski definition) is 1. The molecule has 2 aromatic carbocycles. The molecule has 0 spiro atoms. The standard InChI is InChI=1S/C36H46N2O5/c1-24-36(35(41)42-2)21-29(19-33(39)37-22-25-11-4-3-5-12-25)34(40)38(32(36)20-31(43-24)27-14-6-7-15-27)23-28-17-10-16-26-13-8-9-18-30(26)28/h8-10,13,16-18,20,24-25,27,29,31H,3-7,11-12,14-15,19,21-23H2,1-2H3,(H,37,39)/t24-,29+,31-,36+/m1/s1. The molecule has 3 fully saturated rings. The van der Waals surface area contributed by atoms with Crippen molar-refractivity contribution in [1.29, 1.82) is 0 Å². The summed E-state index contributed by atoms with van der Waals surface area (Å²) in [5, 5.41) is 5.29. The summed E-state index contributed by atoms with van der Waals surface area (Å²) in [7, 11) is 1.40. The van der Waals surface area contributed by atoms with E-state index >= 15 is 0 Å². The van der Waals surface area contributed by atoms with Gasteiger partial charge in [-0.15, -0.1) is 0 Å². The number of carbonyl (C=O) groups excluding carboxylic acids is 3. The predicted octanol–water partition coefficient (Wildman–Crippen LogP) is 6.30. The highest BCUT2D eigenvalue weighted by Crippen LogP contribution is 2.52. The minimum absolute atomic E-state index is 0.0440. The van der Waals surface area contributed by atoms with Crippen molar-refractivity contribution in [3.8, 4) is 0 Å². The van der Waals surface area contributed by atoms with E-state index in [1.165, 1.54) is 39.2 Å². The molecule has 7 heteroatoms. The molecule has 2 heterocycles. The van der Waals surface area contributed by atoms with Crippen LogP contribution >= 0.6 is 0 Å². The maximum atomic E-state index is 14.5. The fraction of sp³-hybridized carbons (Fsp3) is 0.583. The molecule has 1 saturated heterocycles. The average molecular weight is 587 g/mol. The van der Waals surface area contributed by atoms with Gasteiger partial charge in [0, 0.05) is 24.6 Å². The fourth-order valence-electron chi connectivity index (χ4n) is 8.26. The van der Waals surface area contributed by atoms with Gasteiger partial charge >= 0.3 is 5.97 Å². The second kappa shape index (κ2) is 12.8. The summed E-state index contributed by atoms with van der Waals surface area (Å²) in [5.41, 5.74) is 0.522. The smallest absolute Gasteiger partial charge is 0.320 e. The Hall–Kier alpha value is -3.19. The first kappa shape index (κ1) is 29.9. The van der Waals surface area contributed by atoms with Crippen LogP contribution in [-0.2, 0) is 30.4 Å². The number of fused-ring (bicyclic) bond motifs is 2. The van der Waals surface area contributed by atoms with Gasteiger partial charge in [0.25, 0.3) is 0 Å². The summed E-state index contributed by atoms with van der Waals surface area (Å²) in [5.74, 6) is -0.437. The number of rotatable bonds is 8. The number of nitrogens with zero attached hydrogens (tertiary/aromatic N) is 1. The van der Waals surface area contributed by atoms with Crippen LogP contribution in [0.15, 0.2) is 54.2 Å². The minimum Gasteiger partial charge on any atom is -0.468 e. The SMILES string of the molecule is COC(=O)[C@]12C[C@H](CC(=O)NCC3CCCCC3)C(=O)N(Cc3cccc4ccccc34)C1=C[C@H](C1CCCC1)O[C@@H]2C. The number of hydrogen-bond acceptors (Lipinski definition) is 5. The molecular weight excluding hydrogens is 540 g/mol. The second-order valence-electron chi connectivity index (χ2n) is 13.3. The predicted molar refractivity (Wildman–Crippen MR) is 166 cm³/mol. The fourth-order valence-corrected chi connectivity index (χ4v) is 8.26. The Kier molecular flexibility index (Phi) is 8.90. The summed E-state index contributed by atoms with van der Waals surface area (Å²) >= 11 is 0. The summed E-state index contributed by atoms with van der Waals surface area (Å²) in [6, 6.07) is 14.3. The van der Waals surface area contributed by atoms with Gasteiger partial charge in [-0.3, -0.25) is 14.4 Å². The van der Waals surface area contributed by atoms with Crippen LogP contribution in [0.3, 0.4) is 0 Å². The summed E-state index contributed by atoms with van der Waals surface area (Å²) in [6.07, 6.45) is 12.1.